The van der Waals surface area contributed by atoms with Crippen molar-refractivity contribution in [2.24, 2.45) is 0 Å². The van der Waals surface area contributed by atoms with Crippen LogP contribution in [0, 0.1) is 6.92 Å². The summed E-state index contributed by atoms with van der Waals surface area (Å²) in [6, 6.07) is 4.61. The number of unbranched alkanes of at least 4 members (excludes halogenated alkanes) is 1. The minimum Gasteiger partial charge on any atom is -0.383 e. The number of carbonyl (C=O) groups excluding carboxylic acids is 1. The van der Waals surface area contributed by atoms with Crippen molar-refractivity contribution in [3.63, 3.8) is 0 Å². The van der Waals surface area contributed by atoms with Crippen LogP contribution in [-0.4, -0.2) is 90.7 Å². The van der Waals surface area contributed by atoms with E-state index in [0.717, 1.165) is 51.1 Å². The molecule has 1 aliphatic heterocycles. The van der Waals surface area contributed by atoms with E-state index in [0.29, 0.717) is 12.1 Å². The maximum atomic E-state index is 12.5. The molecular formula is C20H34N4O4S. The van der Waals surface area contributed by atoms with Gasteiger partial charge in [0.2, 0.25) is 10.0 Å². The maximum absolute atomic E-state index is 12.5. The molecule has 8 nitrogen and oxygen atoms in total. The summed E-state index contributed by atoms with van der Waals surface area (Å²) in [6.45, 7) is 8.30. The lowest BCUT2D eigenvalue weighted by Gasteiger charge is -2.32. The lowest BCUT2D eigenvalue weighted by molar-refractivity contribution is 0.0951. The summed E-state index contributed by atoms with van der Waals surface area (Å²) in [5.74, 6) is -0.240. The number of hydrogen-bond acceptors (Lipinski definition) is 6. The van der Waals surface area contributed by atoms with Crippen molar-refractivity contribution >= 4 is 15.9 Å². The van der Waals surface area contributed by atoms with Gasteiger partial charge >= 0.3 is 0 Å². The van der Waals surface area contributed by atoms with Gasteiger partial charge < -0.3 is 19.9 Å². The minimum absolute atomic E-state index is 0.0828. The van der Waals surface area contributed by atoms with Crippen LogP contribution >= 0.6 is 0 Å². The Labute approximate surface area is 174 Å². The molecule has 0 radical (unpaired) electrons. The number of nitrogens with zero attached hydrogens (tertiary/aromatic N) is 2. The summed E-state index contributed by atoms with van der Waals surface area (Å²) < 4.78 is 32.0. The number of benzene rings is 1. The lowest BCUT2D eigenvalue weighted by Crippen LogP contribution is -2.44. The number of amides is 1. The molecule has 1 aromatic carbocycles. The van der Waals surface area contributed by atoms with Gasteiger partial charge in [-0.1, -0.05) is 6.07 Å². The number of likely N-dealkylation sites (N-methyl/N-ethyl adjacent to an activating group) is 1. The molecule has 1 fully saturated rings. The van der Waals surface area contributed by atoms with Crippen molar-refractivity contribution in [3.8, 4) is 0 Å². The fraction of sp³-hybridized carbons (Fsp3) is 0.650. The first-order chi connectivity index (χ1) is 13.8. The Morgan fingerprint density at radius 2 is 1.86 bits per heavy atom. The van der Waals surface area contributed by atoms with Gasteiger partial charge in [-0.25, -0.2) is 13.1 Å². The SMILES string of the molecule is COCCNS(=O)(=O)c1ccc(C)c(C(=O)NCCCCN2CCN(C)CC2)c1. The molecule has 0 bridgehead atoms. The van der Waals surface area contributed by atoms with Crippen molar-refractivity contribution in [3.05, 3.63) is 29.3 Å². The summed E-state index contributed by atoms with van der Waals surface area (Å²) in [5.41, 5.74) is 1.13. The van der Waals surface area contributed by atoms with Gasteiger partial charge in [0.15, 0.2) is 0 Å². The largest absolute Gasteiger partial charge is 0.383 e. The third-order valence-corrected chi connectivity index (χ3v) is 6.60. The van der Waals surface area contributed by atoms with Crippen LogP contribution in [0.15, 0.2) is 23.1 Å². The quantitative estimate of drug-likeness (QED) is 0.506. The zero-order valence-corrected chi connectivity index (χ0v) is 18.6. The highest BCUT2D eigenvalue weighted by atomic mass is 32.2. The zero-order valence-electron chi connectivity index (χ0n) is 17.7. The smallest absolute Gasteiger partial charge is 0.251 e. The predicted octanol–water partition coefficient (Wildman–Crippen LogP) is 0.677. The first kappa shape index (κ1) is 23.8. The molecule has 9 heteroatoms. The number of aryl methyl sites for hydroxylation is 1. The van der Waals surface area contributed by atoms with Crippen LogP contribution in [0.4, 0.5) is 0 Å². The number of methoxy groups -OCH3 is 1. The van der Waals surface area contributed by atoms with Crippen LogP contribution in [0.5, 0.6) is 0 Å². The van der Waals surface area contributed by atoms with E-state index in [1.165, 1.54) is 19.2 Å². The van der Waals surface area contributed by atoms with E-state index >= 15 is 0 Å². The monoisotopic (exact) mass is 426 g/mol. The molecule has 1 aliphatic rings. The molecule has 1 saturated heterocycles. The summed E-state index contributed by atoms with van der Waals surface area (Å²) in [5, 5.41) is 2.91. The van der Waals surface area contributed by atoms with Crippen molar-refractivity contribution < 1.29 is 17.9 Å². The molecule has 1 heterocycles. The highest BCUT2D eigenvalue weighted by Crippen LogP contribution is 2.15. The standard InChI is InChI=1S/C20H34N4O4S/c1-17-6-7-18(29(26,27)22-9-15-28-3)16-19(17)20(25)21-8-4-5-10-24-13-11-23(2)12-14-24/h6-7,16,22H,4-5,8-15H2,1-3H3,(H,21,25). The molecule has 0 spiro atoms. The van der Waals surface area contributed by atoms with Gasteiger partial charge in [0, 0.05) is 51.9 Å². The molecule has 0 aromatic heterocycles. The summed E-state index contributed by atoms with van der Waals surface area (Å²) in [7, 11) is -0.0184. The number of rotatable bonds is 11. The molecule has 0 unspecified atom stereocenters. The van der Waals surface area contributed by atoms with E-state index in [9.17, 15) is 13.2 Å². The van der Waals surface area contributed by atoms with Crippen LogP contribution < -0.4 is 10.0 Å². The van der Waals surface area contributed by atoms with E-state index in [2.05, 4.69) is 26.9 Å². The average molecular weight is 427 g/mol. The Morgan fingerprint density at radius 3 is 2.55 bits per heavy atom. The molecule has 1 amide bonds. The Morgan fingerprint density at radius 1 is 1.14 bits per heavy atom. The fourth-order valence-electron chi connectivity index (χ4n) is 3.20. The summed E-state index contributed by atoms with van der Waals surface area (Å²) in [6.07, 6.45) is 1.93. The molecule has 0 atom stereocenters. The van der Waals surface area contributed by atoms with Crippen LogP contribution in [0.25, 0.3) is 0 Å². The highest BCUT2D eigenvalue weighted by Gasteiger charge is 2.18. The molecule has 0 saturated carbocycles. The summed E-state index contributed by atoms with van der Waals surface area (Å²) in [4.78, 5) is 17.4. The molecular weight excluding hydrogens is 392 g/mol. The maximum Gasteiger partial charge on any atom is 0.251 e. The van der Waals surface area contributed by atoms with Gasteiger partial charge in [-0.15, -0.1) is 0 Å². The van der Waals surface area contributed by atoms with Gasteiger partial charge in [-0.2, -0.15) is 0 Å². The minimum atomic E-state index is -3.67. The summed E-state index contributed by atoms with van der Waals surface area (Å²) >= 11 is 0. The Balaban J connectivity index is 1.82. The van der Waals surface area contributed by atoms with E-state index < -0.39 is 10.0 Å². The molecule has 2 rings (SSSR count). The van der Waals surface area contributed by atoms with Crippen LogP contribution in [0.2, 0.25) is 0 Å². The molecule has 29 heavy (non-hydrogen) atoms. The number of sulfonamides is 1. The first-order valence-electron chi connectivity index (χ1n) is 10.1. The normalized spacial score (nSPS) is 16.1. The first-order valence-corrected chi connectivity index (χ1v) is 11.6. The Kier molecular flexibility index (Phi) is 9.51. The van der Waals surface area contributed by atoms with Crippen molar-refractivity contribution in [1.29, 1.82) is 0 Å². The van der Waals surface area contributed by atoms with Gasteiger partial charge in [0.05, 0.1) is 11.5 Å². The number of piperazine rings is 1. The van der Waals surface area contributed by atoms with Gasteiger partial charge in [0.25, 0.3) is 5.91 Å². The number of hydrogen-bond donors (Lipinski definition) is 2. The molecule has 2 N–H and O–H groups in total. The lowest BCUT2D eigenvalue weighted by atomic mass is 10.1. The van der Waals surface area contributed by atoms with Gasteiger partial charge in [-0.05, 0) is 51.1 Å². The predicted molar refractivity (Wildman–Crippen MR) is 114 cm³/mol. The zero-order chi connectivity index (χ0) is 21.3. The van der Waals surface area contributed by atoms with Crippen LogP contribution in [-0.2, 0) is 14.8 Å². The Hall–Kier alpha value is -1.52. The second-order valence-electron chi connectivity index (χ2n) is 7.48. The van der Waals surface area contributed by atoms with Crippen molar-refractivity contribution in [1.82, 2.24) is 19.8 Å². The molecule has 1 aromatic rings. The highest BCUT2D eigenvalue weighted by molar-refractivity contribution is 7.89. The second-order valence-corrected chi connectivity index (χ2v) is 9.24. The topological polar surface area (TPSA) is 91.0 Å². The van der Waals surface area contributed by atoms with Crippen molar-refractivity contribution in [2.45, 2.75) is 24.7 Å². The number of ether oxygens (including phenoxy) is 1. The van der Waals surface area contributed by atoms with Crippen LogP contribution in [0.1, 0.15) is 28.8 Å². The van der Waals surface area contributed by atoms with Crippen LogP contribution in [0.3, 0.4) is 0 Å². The third-order valence-electron chi connectivity index (χ3n) is 5.14. The molecule has 0 aliphatic carbocycles. The van der Waals surface area contributed by atoms with Gasteiger partial charge in [-0.3, -0.25) is 4.79 Å². The van der Waals surface area contributed by atoms with E-state index in [1.807, 2.05) is 0 Å². The molecule has 164 valence electrons. The van der Waals surface area contributed by atoms with E-state index in [1.54, 1.807) is 13.0 Å². The number of carbonyl (C=O) groups is 1. The van der Waals surface area contributed by atoms with Crippen molar-refractivity contribution in [2.75, 3.05) is 66.6 Å². The van der Waals surface area contributed by atoms with Gasteiger partial charge in [0.1, 0.15) is 0 Å². The fourth-order valence-corrected chi connectivity index (χ4v) is 4.24. The van der Waals surface area contributed by atoms with E-state index in [4.69, 9.17) is 4.74 Å². The third kappa shape index (κ3) is 7.67. The Bertz CT molecular complexity index is 762. The second kappa shape index (κ2) is 11.6. The van der Waals surface area contributed by atoms with E-state index in [-0.39, 0.29) is 24.0 Å². The average Bonchev–Trinajstić information content (AvgIpc) is 2.69. The number of nitrogens with one attached hydrogen (secondary N) is 2.